The third kappa shape index (κ3) is 2.33. The van der Waals surface area contributed by atoms with Crippen LogP contribution in [0.3, 0.4) is 0 Å². The van der Waals surface area contributed by atoms with Gasteiger partial charge in [0.2, 0.25) is 0 Å². The lowest BCUT2D eigenvalue weighted by Crippen LogP contribution is -2.22. The van der Waals surface area contributed by atoms with Gasteiger partial charge in [-0.25, -0.2) is 0 Å². The van der Waals surface area contributed by atoms with E-state index in [2.05, 4.69) is 5.16 Å². The Morgan fingerprint density at radius 2 is 1.64 bits per heavy atom. The molecule has 0 saturated heterocycles. The highest BCUT2D eigenvalue weighted by molar-refractivity contribution is 6.24. The summed E-state index contributed by atoms with van der Waals surface area (Å²) in [7, 11) is 0. The SMILES string of the molecule is CC(C)(C)C(=O)Cc1ccc2c(c1)/C(=N\O)c1ccccc1-2. The van der Waals surface area contributed by atoms with Gasteiger partial charge in [-0.3, -0.25) is 4.79 Å². The van der Waals surface area contributed by atoms with Crippen molar-refractivity contribution in [2.75, 3.05) is 0 Å². The third-order valence-electron chi connectivity index (χ3n) is 4.11. The smallest absolute Gasteiger partial charge is 0.142 e. The summed E-state index contributed by atoms with van der Waals surface area (Å²) in [5.74, 6) is 0.199. The first-order valence-corrected chi connectivity index (χ1v) is 7.40. The molecule has 0 unspecified atom stereocenters. The second-order valence-corrected chi connectivity index (χ2v) is 6.72. The molecule has 0 bridgehead atoms. The monoisotopic (exact) mass is 293 g/mol. The fraction of sp³-hybridized carbons (Fsp3) is 0.263. The van der Waals surface area contributed by atoms with E-state index in [-0.39, 0.29) is 11.2 Å². The maximum atomic E-state index is 12.2. The number of carbonyl (C=O) groups excluding carboxylic acids is 1. The fourth-order valence-electron chi connectivity index (χ4n) is 2.76. The highest BCUT2D eigenvalue weighted by Crippen LogP contribution is 2.37. The summed E-state index contributed by atoms with van der Waals surface area (Å²) >= 11 is 0. The molecular weight excluding hydrogens is 274 g/mol. The molecule has 0 amide bonds. The first-order chi connectivity index (χ1) is 10.4. The van der Waals surface area contributed by atoms with E-state index in [1.165, 1.54) is 0 Å². The summed E-state index contributed by atoms with van der Waals surface area (Å²) in [5.41, 5.74) is 5.12. The molecule has 1 aliphatic carbocycles. The molecular formula is C19H19NO2. The van der Waals surface area contributed by atoms with Gasteiger partial charge in [-0.15, -0.1) is 0 Å². The van der Waals surface area contributed by atoms with Crippen molar-refractivity contribution in [1.29, 1.82) is 0 Å². The maximum Gasteiger partial charge on any atom is 0.142 e. The molecule has 0 aromatic heterocycles. The minimum absolute atomic E-state index is 0.199. The Balaban J connectivity index is 2.03. The van der Waals surface area contributed by atoms with Gasteiger partial charge in [-0.1, -0.05) is 62.3 Å². The third-order valence-corrected chi connectivity index (χ3v) is 4.11. The normalized spacial score (nSPS) is 14.8. The van der Waals surface area contributed by atoms with E-state index in [1.807, 2.05) is 63.2 Å². The van der Waals surface area contributed by atoms with Crippen molar-refractivity contribution < 1.29 is 10.0 Å². The Kier molecular flexibility index (Phi) is 3.36. The Morgan fingerprint density at radius 3 is 2.27 bits per heavy atom. The van der Waals surface area contributed by atoms with Crippen LogP contribution in [0.1, 0.15) is 37.5 Å². The van der Waals surface area contributed by atoms with Crippen molar-refractivity contribution in [2.45, 2.75) is 27.2 Å². The predicted octanol–water partition coefficient (Wildman–Crippen LogP) is 4.05. The van der Waals surface area contributed by atoms with Crippen LogP contribution in [-0.2, 0) is 11.2 Å². The quantitative estimate of drug-likeness (QED) is 0.572. The van der Waals surface area contributed by atoms with E-state index in [0.29, 0.717) is 12.1 Å². The zero-order valence-electron chi connectivity index (χ0n) is 13.1. The van der Waals surface area contributed by atoms with Crippen LogP contribution in [0.2, 0.25) is 0 Å². The van der Waals surface area contributed by atoms with Crippen LogP contribution in [-0.4, -0.2) is 16.7 Å². The lowest BCUT2D eigenvalue weighted by atomic mass is 9.86. The molecule has 0 saturated carbocycles. The van der Waals surface area contributed by atoms with Gasteiger partial charge in [0.05, 0.1) is 0 Å². The summed E-state index contributed by atoms with van der Waals surface area (Å²) in [6, 6.07) is 13.8. The molecule has 0 fully saturated rings. The number of benzene rings is 2. The minimum Gasteiger partial charge on any atom is -0.410 e. The van der Waals surface area contributed by atoms with E-state index >= 15 is 0 Å². The van der Waals surface area contributed by atoms with E-state index < -0.39 is 0 Å². The summed E-state index contributed by atoms with van der Waals surface area (Å²) in [6.07, 6.45) is 0.395. The van der Waals surface area contributed by atoms with E-state index in [0.717, 1.165) is 27.8 Å². The summed E-state index contributed by atoms with van der Waals surface area (Å²) in [6.45, 7) is 5.79. The number of ketones is 1. The van der Waals surface area contributed by atoms with Gasteiger partial charge in [-0.2, -0.15) is 0 Å². The Labute approximate surface area is 130 Å². The van der Waals surface area contributed by atoms with E-state index in [4.69, 9.17) is 0 Å². The molecule has 2 aromatic rings. The molecule has 0 spiro atoms. The van der Waals surface area contributed by atoms with Crippen LogP contribution in [0.4, 0.5) is 0 Å². The van der Waals surface area contributed by atoms with Gasteiger partial charge < -0.3 is 5.21 Å². The molecule has 0 heterocycles. The number of hydrogen-bond acceptors (Lipinski definition) is 3. The molecule has 112 valence electrons. The van der Waals surface area contributed by atoms with Crippen molar-refractivity contribution >= 4 is 11.5 Å². The molecule has 3 nitrogen and oxygen atoms in total. The zero-order chi connectivity index (χ0) is 15.9. The molecule has 0 radical (unpaired) electrons. The first kappa shape index (κ1) is 14.5. The van der Waals surface area contributed by atoms with Gasteiger partial charge in [0, 0.05) is 23.0 Å². The molecule has 0 aliphatic heterocycles. The Hall–Kier alpha value is -2.42. The molecule has 3 heteroatoms. The number of Topliss-reactive ketones (excluding diaryl/α,β-unsaturated/α-hetero) is 1. The molecule has 3 rings (SSSR count). The number of nitrogens with zero attached hydrogens (tertiary/aromatic N) is 1. The minimum atomic E-state index is -0.351. The second-order valence-electron chi connectivity index (χ2n) is 6.72. The summed E-state index contributed by atoms with van der Waals surface area (Å²) < 4.78 is 0. The van der Waals surface area contributed by atoms with Crippen molar-refractivity contribution in [1.82, 2.24) is 0 Å². The average Bonchev–Trinajstić information content (AvgIpc) is 2.79. The van der Waals surface area contributed by atoms with Crippen LogP contribution in [0.25, 0.3) is 11.1 Å². The fourth-order valence-corrected chi connectivity index (χ4v) is 2.76. The van der Waals surface area contributed by atoms with Gasteiger partial charge in [-0.05, 0) is 22.8 Å². The van der Waals surface area contributed by atoms with Gasteiger partial charge in [0.1, 0.15) is 11.5 Å². The van der Waals surface area contributed by atoms with Gasteiger partial charge in [0.25, 0.3) is 0 Å². The first-order valence-electron chi connectivity index (χ1n) is 7.40. The standard InChI is InChI=1S/C19H19NO2/c1-19(2,3)17(21)11-12-8-9-14-13-6-4-5-7-15(13)18(20-22)16(14)10-12/h4-10,22H,11H2,1-3H3/b20-18-. The molecule has 1 N–H and O–H groups in total. The largest absolute Gasteiger partial charge is 0.410 e. The second kappa shape index (κ2) is 5.09. The predicted molar refractivity (Wildman–Crippen MR) is 87.5 cm³/mol. The van der Waals surface area contributed by atoms with E-state index in [1.54, 1.807) is 0 Å². The number of oxime groups is 1. The highest BCUT2D eigenvalue weighted by Gasteiger charge is 2.26. The van der Waals surface area contributed by atoms with Crippen LogP contribution < -0.4 is 0 Å². The average molecular weight is 293 g/mol. The van der Waals surface area contributed by atoms with Crippen molar-refractivity contribution in [3.8, 4) is 11.1 Å². The number of rotatable bonds is 2. The summed E-state index contributed by atoms with van der Waals surface area (Å²) in [4.78, 5) is 12.2. The number of fused-ring (bicyclic) bond motifs is 3. The molecule has 1 aliphatic rings. The topological polar surface area (TPSA) is 49.7 Å². The van der Waals surface area contributed by atoms with Gasteiger partial charge in [0.15, 0.2) is 0 Å². The highest BCUT2D eigenvalue weighted by atomic mass is 16.4. The molecule has 22 heavy (non-hydrogen) atoms. The Morgan fingerprint density at radius 1 is 1.00 bits per heavy atom. The van der Waals surface area contributed by atoms with Crippen molar-refractivity contribution in [3.05, 3.63) is 59.2 Å². The molecule has 2 aromatic carbocycles. The lowest BCUT2D eigenvalue weighted by molar-refractivity contribution is -0.125. The number of carbonyl (C=O) groups is 1. The van der Waals surface area contributed by atoms with Gasteiger partial charge >= 0.3 is 0 Å². The van der Waals surface area contributed by atoms with Crippen LogP contribution in [0.15, 0.2) is 47.6 Å². The maximum absolute atomic E-state index is 12.2. The number of hydrogen-bond donors (Lipinski definition) is 1. The van der Waals surface area contributed by atoms with Crippen LogP contribution in [0.5, 0.6) is 0 Å². The zero-order valence-corrected chi connectivity index (χ0v) is 13.1. The lowest BCUT2D eigenvalue weighted by Gasteiger charge is -2.16. The summed E-state index contributed by atoms with van der Waals surface area (Å²) in [5, 5.41) is 12.9. The Bertz CT molecular complexity index is 782. The van der Waals surface area contributed by atoms with Crippen LogP contribution >= 0.6 is 0 Å². The molecule has 0 atom stereocenters. The van der Waals surface area contributed by atoms with Crippen molar-refractivity contribution in [2.24, 2.45) is 10.6 Å². The van der Waals surface area contributed by atoms with E-state index in [9.17, 15) is 10.0 Å². The van der Waals surface area contributed by atoms with Crippen molar-refractivity contribution in [3.63, 3.8) is 0 Å². The van der Waals surface area contributed by atoms with Crippen LogP contribution in [0, 0.1) is 5.41 Å².